The number of ether oxygens (including phenoxy) is 2. The van der Waals surface area contributed by atoms with Crippen molar-refractivity contribution in [2.75, 3.05) is 32.2 Å². The maximum Gasteiger partial charge on any atom is 0.407 e. The fourth-order valence-electron chi connectivity index (χ4n) is 10.2. The average Bonchev–Trinajstić information content (AvgIpc) is 4.14. The van der Waals surface area contributed by atoms with Crippen molar-refractivity contribution >= 4 is 51.8 Å². The molecule has 8 rings (SSSR count). The van der Waals surface area contributed by atoms with Gasteiger partial charge in [-0.25, -0.2) is 23.9 Å². The number of likely N-dealkylation sites (tertiary alicyclic amines) is 2. The summed E-state index contributed by atoms with van der Waals surface area (Å²) in [6.07, 6.45) is 3.30. The van der Waals surface area contributed by atoms with E-state index in [2.05, 4.69) is 70.5 Å². The van der Waals surface area contributed by atoms with E-state index in [-0.39, 0.29) is 59.0 Å². The van der Waals surface area contributed by atoms with Crippen LogP contribution in [0.4, 0.5) is 19.7 Å². The predicted octanol–water partition coefficient (Wildman–Crippen LogP) is 9.05. The van der Waals surface area contributed by atoms with Gasteiger partial charge in [0.1, 0.15) is 29.5 Å². The highest BCUT2D eigenvalue weighted by atomic mass is 19.1. The van der Waals surface area contributed by atoms with E-state index in [0.29, 0.717) is 30.4 Å². The Morgan fingerprint density at radius 2 is 1.12 bits per heavy atom. The SMILES string of the molecule is COC(=O)N[C@H](C(=O)N1CCC[C@H]1c1nc2ccc(C3CC[C@H](c4ccc5nc([C@@H]6CCCN6C(=O)[C@@H](NC(=O)OC)C(C)C)[nH]c5c4)N3c3ccc(C(C)(C)C)cc3F)cc2[nH]1)C(C)C. The fraction of sp³-hybridized carbons (Fsp3) is 0.520. The van der Waals surface area contributed by atoms with Crippen LogP contribution in [-0.4, -0.2) is 93.1 Å². The molecular weight excluding hydrogens is 842 g/mol. The molecule has 0 saturated carbocycles. The molecule has 1 unspecified atom stereocenters. The molecule has 3 aliphatic rings. The molecule has 0 aliphatic carbocycles. The second-order valence-corrected chi connectivity index (χ2v) is 19.8. The van der Waals surface area contributed by atoms with Gasteiger partial charge in [-0.3, -0.25) is 9.59 Å². The summed E-state index contributed by atoms with van der Waals surface area (Å²) in [5.41, 5.74) is 6.41. The Morgan fingerprint density at radius 1 is 0.667 bits per heavy atom. The van der Waals surface area contributed by atoms with Crippen molar-refractivity contribution in [3.05, 3.63) is 88.8 Å². The lowest BCUT2D eigenvalue weighted by molar-refractivity contribution is -0.136. The first-order chi connectivity index (χ1) is 31.5. The summed E-state index contributed by atoms with van der Waals surface area (Å²) in [7, 11) is 2.57. The summed E-state index contributed by atoms with van der Waals surface area (Å²) in [5.74, 6) is 0.456. The van der Waals surface area contributed by atoms with Crippen molar-refractivity contribution in [1.29, 1.82) is 0 Å². The summed E-state index contributed by atoms with van der Waals surface area (Å²) in [6, 6.07) is 15.5. The number of benzene rings is 3. The number of hydrogen-bond donors (Lipinski definition) is 4. The number of anilines is 1. The molecule has 0 radical (unpaired) electrons. The molecule has 15 nitrogen and oxygen atoms in total. The van der Waals surface area contributed by atoms with Crippen LogP contribution in [-0.2, 0) is 24.5 Å². The Bertz CT molecular complexity index is 2470. The highest BCUT2D eigenvalue weighted by molar-refractivity contribution is 5.87. The highest BCUT2D eigenvalue weighted by Gasteiger charge is 2.41. The van der Waals surface area contributed by atoms with Crippen LogP contribution in [0.1, 0.15) is 139 Å². The number of halogens is 1. The first-order valence-electron chi connectivity index (χ1n) is 23.3. The summed E-state index contributed by atoms with van der Waals surface area (Å²) >= 11 is 0. The van der Waals surface area contributed by atoms with Gasteiger partial charge in [-0.2, -0.15) is 0 Å². The minimum atomic E-state index is -0.738. The first kappa shape index (κ1) is 46.3. The number of aromatic amines is 2. The van der Waals surface area contributed by atoms with Crippen LogP contribution in [0.3, 0.4) is 0 Å². The largest absolute Gasteiger partial charge is 0.453 e. The number of nitrogens with one attached hydrogen (secondary N) is 4. The number of aromatic nitrogens is 4. The standard InChI is InChI=1S/C50H64FN9O6/c1-27(2)42(56-48(63)65-8)46(61)58-22-10-12-40(58)44-52-33-17-14-29(24-35(33)54-44)37-20-21-38(60(37)39-19-16-31(26-32(39)51)50(5,6)7)30-15-18-34-36(25-30)55-45(53-34)41-13-11-23-59(41)47(62)43(28(3)4)57-49(64)66-9/h14-19,24-28,37-38,40-43H,10-13,20-23H2,1-9H3,(H,52,54)(H,53,55)(H,56,63)(H,57,64)/t37-,38?,40+,41+,42+,43+/m1/s1. The highest BCUT2D eigenvalue weighted by Crippen LogP contribution is 2.49. The molecule has 3 aliphatic heterocycles. The van der Waals surface area contributed by atoms with Gasteiger partial charge in [0, 0.05) is 13.1 Å². The second kappa shape index (κ2) is 18.6. The minimum Gasteiger partial charge on any atom is -0.453 e. The molecule has 4 amide bonds. The number of alkyl carbamates (subject to hydrolysis) is 2. The van der Waals surface area contributed by atoms with Gasteiger partial charge in [-0.05, 0) is 109 Å². The number of hydrogen-bond acceptors (Lipinski definition) is 9. The van der Waals surface area contributed by atoms with E-state index in [1.54, 1.807) is 6.07 Å². The molecule has 4 N–H and O–H groups in total. The van der Waals surface area contributed by atoms with Gasteiger partial charge in [0.15, 0.2) is 0 Å². The molecule has 2 aromatic heterocycles. The zero-order chi connectivity index (χ0) is 47.2. The van der Waals surface area contributed by atoms with Crippen molar-refractivity contribution in [1.82, 2.24) is 40.4 Å². The zero-order valence-corrected chi connectivity index (χ0v) is 39.5. The average molecular weight is 906 g/mol. The summed E-state index contributed by atoms with van der Waals surface area (Å²) in [4.78, 5) is 75.0. The molecule has 5 aromatic rings. The summed E-state index contributed by atoms with van der Waals surface area (Å²) in [5, 5.41) is 5.44. The number of imidazole rings is 2. The quantitative estimate of drug-likeness (QED) is 0.101. The van der Waals surface area contributed by atoms with Crippen LogP contribution in [0.2, 0.25) is 0 Å². The predicted molar refractivity (Wildman–Crippen MR) is 250 cm³/mol. The van der Waals surface area contributed by atoms with Gasteiger partial charge in [0.2, 0.25) is 11.8 Å². The number of methoxy groups -OCH3 is 2. The third-order valence-electron chi connectivity index (χ3n) is 13.8. The summed E-state index contributed by atoms with van der Waals surface area (Å²) in [6.45, 7) is 14.9. The first-order valence-corrected chi connectivity index (χ1v) is 23.3. The lowest BCUT2D eigenvalue weighted by Gasteiger charge is -2.34. The van der Waals surface area contributed by atoms with Gasteiger partial charge < -0.3 is 44.8 Å². The smallest absolute Gasteiger partial charge is 0.407 e. The number of H-pyrrole nitrogens is 2. The fourth-order valence-corrected chi connectivity index (χ4v) is 10.2. The zero-order valence-electron chi connectivity index (χ0n) is 39.5. The van der Waals surface area contributed by atoms with Crippen molar-refractivity contribution in [2.24, 2.45) is 11.8 Å². The second-order valence-electron chi connectivity index (χ2n) is 19.8. The number of carbonyl (C=O) groups is 4. The van der Waals surface area contributed by atoms with Crippen molar-refractivity contribution < 1.29 is 33.0 Å². The number of rotatable bonds is 11. The normalized spacial score (nSPS) is 21.0. The monoisotopic (exact) mass is 905 g/mol. The maximum atomic E-state index is 16.7. The van der Waals surface area contributed by atoms with Gasteiger partial charge >= 0.3 is 12.2 Å². The third-order valence-corrected chi connectivity index (χ3v) is 13.8. The van der Waals surface area contributed by atoms with E-state index < -0.39 is 24.3 Å². The molecule has 0 spiro atoms. The van der Waals surface area contributed by atoms with E-state index in [0.717, 1.165) is 77.3 Å². The molecular formula is C50H64FN9O6. The molecule has 3 aromatic carbocycles. The molecule has 16 heteroatoms. The van der Waals surface area contributed by atoms with Gasteiger partial charge in [0.05, 0.1) is 66.1 Å². The Labute approximate surface area is 385 Å². The number of nitrogens with zero attached hydrogens (tertiary/aromatic N) is 5. The summed E-state index contributed by atoms with van der Waals surface area (Å²) < 4.78 is 26.3. The lowest BCUT2D eigenvalue weighted by Crippen LogP contribution is -2.51. The minimum absolute atomic E-state index is 0.148. The van der Waals surface area contributed by atoms with Gasteiger partial charge in [-0.1, -0.05) is 66.7 Å². The van der Waals surface area contributed by atoms with Crippen LogP contribution in [0, 0.1) is 17.7 Å². The van der Waals surface area contributed by atoms with Crippen molar-refractivity contribution in [3.63, 3.8) is 0 Å². The molecule has 0 bridgehead atoms. The topological polar surface area (TPSA) is 178 Å². The molecule has 6 atom stereocenters. The number of amides is 4. The molecule has 66 heavy (non-hydrogen) atoms. The lowest BCUT2D eigenvalue weighted by atomic mass is 9.87. The number of fused-ring (bicyclic) bond motifs is 2. The van der Waals surface area contributed by atoms with E-state index in [4.69, 9.17) is 19.4 Å². The van der Waals surface area contributed by atoms with Crippen LogP contribution in [0.25, 0.3) is 22.1 Å². The van der Waals surface area contributed by atoms with Gasteiger partial charge in [-0.15, -0.1) is 0 Å². The van der Waals surface area contributed by atoms with Crippen LogP contribution in [0.15, 0.2) is 54.6 Å². The Hall–Kier alpha value is -6.19. The van der Waals surface area contributed by atoms with Gasteiger partial charge in [0.25, 0.3) is 0 Å². The molecule has 352 valence electrons. The van der Waals surface area contributed by atoms with E-state index in [1.807, 2.05) is 61.8 Å². The van der Waals surface area contributed by atoms with E-state index in [9.17, 15) is 19.2 Å². The third kappa shape index (κ3) is 9.02. The van der Waals surface area contributed by atoms with Crippen molar-refractivity contribution in [2.45, 2.75) is 129 Å². The van der Waals surface area contributed by atoms with Crippen molar-refractivity contribution in [3.8, 4) is 0 Å². The van der Waals surface area contributed by atoms with Crippen LogP contribution >= 0.6 is 0 Å². The molecule has 3 fully saturated rings. The Kier molecular flexibility index (Phi) is 13.1. The maximum absolute atomic E-state index is 16.7. The molecule has 5 heterocycles. The Balaban J connectivity index is 1.10. The van der Waals surface area contributed by atoms with Crippen LogP contribution < -0.4 is 15.5 Å². The molecule has 3 saturated heterocycles. The number of carbonyl (C=O) groups excluding carboxylic acids is 4. The van der Waals surface area contributed by atoms with Crippen LogP contribution in [0.5, 0.6) is 0 Å². The Morgan fingerprint density at radius 3 is 1.52 bits per heavy atom. The van der Waals surface area contributed by atoms with E-state index in [1.165, 1.54) is 14.2 Å². The van der Waals surface area contributed by atoms with E-state index >= 15 is 4.39 Å².